The molecule has 3 heteroatoms. The lowest BCUT2D eigenvalue weighted by molar-refractivity contribution is -0.137. The first kappa shape index (κ1) is 13.5. The first-order valence-electron chi connectivity index (χ1n) is 6.66. The quantitative estimate of drug-likeness (QED) is 0.887. The zero-order valence-corrected chi connectivity index (χ0v) is 11.4. The standard InChI is InChI=1S/C16H19NO2/c1-11(2)13-6-7-15-14(9-13)8-12(10-17-15)4-3-5-16(18)19/h6-11H,3-5H2,1-2H3,(H,18,19). The molecule has 1 heterocycles. The second kappa shape index (κ2) is 5.83. The monoisotopic (exact) mass is 257 g/mol. The van der Waals surface area contributed by atoms with Crippen molar-refractivity contribution in [2.45, 2.75) is 39.0 Å². The van der Waals surface area contributed by atoms with Gasteiger partial charge in [-0.1, -0.05) is 19.9 Å². The molecule has 19 heavy (non-hydrogen) atoms. The number of aryl methyl sites for hydroxylation is 1. The second-order valence-corrected chi connectivity index (χ2v) is 5.20. The maximum Gasteiger partial charge on any atom is 0.303 e. The number of carboxylic acid groups (broad SMARTS) is 1. The minimum atomic E-state index is -0.740. The lowest BCUT2D eigenvalue weighted by atomic mass is 10.00. The molecule has 0 aliphatic carbocycles. The van der Waals surface area contributed by atoms with Crippen LogP contribution < -0.4 is 0 Å². The Kier molecular flexibility index (Phi) is 4.15. The van der Waals surface area contributed by atoms with Crippen molar-refractivity contribution in [3.63, 3.8) is 0 Å². The summed E-state index contributed by atoms with van der Waals surface area (Å²) >= 11 is 0. The molecule has 0 aliphatic heterocycles. The summed E-state index contributed by atoms with van der Waals surface area (Å²) in [7, 11) is 0. The molecule has 0 saturated carbocycles. The Hall–Kier alpha value is -1.90. The predicted octanol–water partition coefficient (Wildman–Crippen LogP) is 3.77. The minimum Gasteiger partial charge on any atom is -0.481 e. The Bertz CT molecular complexity index is 590. The van der Waals surface area contributed by atoms with Crippen LogP contribution >= 0.6 is 0 Å². The van der Waals surface area contributed by atoms with Gasteiger partial charge in [0.25, 0.3) is 0 Å². The lowest BCUT2D eigenvalue weighted by Gasteiger charge is -2.07. The van der Waals surface area contributed by atoms with Crippen molar-refractivity contribution in [3.8, 4) is 0 Å². The fourth-order valence-corrected chi connectivity index (χ4v) is 2.14. The number of nitrogens with zero attached hydrogens (tertiary/aromatic N) is 1. The molecular weight excluding hydrogens is 238 g/mol. The van der Waals surface area contributed by atoms with Crippen molar-refractivity contribution in [1.29, 1.82) is 0 Å². The maximum atomic E-state index is 10.5. The van der Waals surface area contributed by atoms with E-state index in [4.69, 9.17) is 5.11 Å². The fourth-order valence-electron chi connectivity index (χ4n) is 2.14. The van der Waals surface area contributed by atoms with Crippen molar-refractivity contribution in [2.75, 3.05) is 0 Å². The third kappa shape index (κ3) is 3.53. The average Bonchev–Trinajstić information content (AvgIpc) is 2.37. The zero-order chi connectivity index (χ0) is 13.8. The fraction of sp³-hybridized carbons (Fsp3) is 0.375. The summed E-state index contributed by atoms with van der Waals surface area (Å²) in [6.07, 6.45) is 3.48. The molecule has 3 nitrogen and oxygen atoms in total. The number of carboxylic acids is 1. The number of hydrogen-bond acceptors (Lipinski definition) is 2. The van der Waals surface area contributed by atoms with Gasteiger partial charge in [-0.25, -0.2) is 0 Å². The lowest BCUT2D eigenvalue weighted by Crippen LogP contribution is -1.96. The molecule has 0 saturated heterocycles. The molecule has 2 aromatic rings. The number of hydrogen-bond donors (Lipinski definition) is 1. The van der Waals surface area contributed by atoms with E-state index in [1.54, 1.807) is 0 Å². The first-order valence-corrected chi connectivity index (χ1v) is 6.66. The summed E-state index contributed by atoms with van der Waals surface area (Å²) in [6, 6.07) is 8.46. The highest BCUT2D eigenvalue weighted by molar-refractivity contribution is 5.79. The number of fused-ring (bicyclic) bond motifs is 1. The van der Waals surface area contributed by atoms with E-state index in [9.17, 15) is 4.79 Å². The smallest absolute Gasteiger partial charge is 0.303 e. The van der Waals surface area contributed by atoms with E-state index < -0.39 is 5.97 Å². The van der Waals surface area contributed by atoms with Crippen molar-refractivity contribution in [3.05, 3.63) is 41.6 Å². The molecule has 2 rings (SSSR count). The molecule has 0 radical (unpaired) electrons. The van der Waals surface area contributed by atoms with E-state index in [1.165, 1.54) is 5.56 Å². The van der Waals surface area contributed by atoms with Gasteiger partial charge in [-0.05, 0) is 48.1 Å². The largest absolute Gasteiger partial charge is 0.481 e. The van der Waals surface area contributed by atoms with Gasteiger partial charge in [-0.2, -0.15) is 0 Å². The molecule has 0 amide bonds. The number of carbonyl (C=O) groups is 1. The molecule has 1 aromatic heterocycles. The first-order chi connectivity index (χ1) is 9.06. The Labute approximate surface area is 113 Å². The molecule has 100 valence electrons. The van der Waals surface area contributed by atoms with Crippen LogP contribution in [-0.4, -0.2) is 16.1 Å². The summed E-state index contributed by atoms with van der Waals surface area (Å²) in [6.45, 7) is 4.34. The minimum absolute atomic E-state index is 0.212. The highest BCUT2D eigenvalue weighted by atomic mass is 16.4. The number of aliphatic carboxylic acids is 1. The van der Waals surface area contributed by atoms with Gasteiger partial charge in [0.05, 0.1) is 5.52 Å². The van der Waals surface area contributed by atoms with Crippen LogP contribution in [0.3, 0.4) is 0 Å². The number of pyridine rings is 1. The molecule has 0 unspecified atom stereocenters. The van der Waals surface area contributed by atoms with Gasteiger partial charge in [0, 0.05) is 18.0 Å². The van der Waals surface area contributed by atoms with Gasteiger partial charge in [0.1, 0.15) is 0 Å². The highest BCUT2D eigenvalue weighted by Gasteiger charge is 2.04. The SMILES string of the molecule is CC(C)c1ccc2ncc(CCCC(=O)O)cc2c1. The summed E-state index contributed by atoms with van der Waals surface area (Å²) in [5.74, 6) is -0.240. The topological polar surface area (TPSA) is 50.2 Å². The van der Waals surface area contributed by atoms with Crippen molar-refractivity contribution in [2.24, 2.45) is 0 Å². The molecule has 0 atom stereocenters. The van der Waals surface area contributed by atoms with Crippen molar-refractivity contribution in [1.82, 2.24) is 4.98 Å². The molecule has 1 aromatic carbocycles. The van der Waals surface area contributed by atoms with Gasteiger partial charge in [-0.15, -0.1) is 0 Å². The van der Waals surface area contributed by atoms with Gasteiger partial charge >= 0.3 is 5.97 Å². The van der Waals surface area contributed by atoms with Gasteiger partial charge in [0.15, 0.2) is 0 Å². The highest BCUT2D eigenvalue weighted by Crippen LogP contribution is 2.21. The molecule has 1 N–H and O–H groups in total. The van der Waals surface area contributed by atoms with Crippen molar-refractivity contribution < 1.29 is 9.90 Å². The van der Waals surface area contributed by atoms with E-state index >= 15 is 0 Å². The Morgan fingerprint density at radius 2 is 2.11 bits per heavy atom. The van der Waals surface area contributed by atoms with Gasteiger partial charge in [-0.3, -0.25) is 9.78 Å². The number of aromatic nitrogens is 1. The van der Waals surface area contributed by atoms with Crippen LogP contribution in [0.4, 0.5) is 0 Å². The Morgan fingerprint density at radius 1 is 1.32 bits per heavy atom. The summed E-state index contributed by atoms with van der Waals surface area (Å²) in [5.41, 5.74) is 3.40. The molecule has 0 bridgehead atoms. The van der Waals surface area contributed by atoms with Crippen LogP contribution in [0, 0.1) is 0 Å². The summed E-state index contributed by atoms with van der Waals surface area (Å²) < 4.78 is 0. The van der Waals surface area contributed by atoms with Crippen LogP contribution in [0.1, 0.15) is 43.7 Å². The third-order valence-electron chi connectivity index (χ3n) is 3.28. The van der Waals surface area contributed by atoms with Crippen LogP contribution in [0.2, 0.25) is 0 Å². The summed E-state index contributed by atoms with van der Waals surface area (Å²) in [4.78, 5) is 14.9. The Balaban J connectivity index is 2.20. The third-order valence-corrected chi connectivity index (χ3v) is 3.28. The van der Waals surface area contributed by atoms with E-state index in [0.29, 0.717) is 12.3 Å². The second-order valence-electron chi connectivity index (χ2n) is 5.20. The van der Waals surface area contributed by atoms with E-state index in [0.717, 1.165) is 22.9 Å². The van der Waals surface area contributed by atoms with Crippen molar-refractivity contribution >= 4 is 16.9 Å². The van der Waals surface area contributed by atoms with Crippen LogP contribution in [0.5, 0.6) is 0 Å². The predicted molar refractivity (Wildman–Crippen MR) is 76.4 cm³/mol. The molecule has 0 aliphatic rings. The van der Waals surface area contributed by atoms with Crippen LogP contribution in [0.25, 0.3) is 10.9 Å². The van der Waals surface area contributed by atoms with Gasteiger partial charge in [0.2, 0.25) is 0 Å². The number of rotatable bonds is 5. The summed E-state index contributed by atoms with van der Waals surface area (Å²) in [5, 5.41) is 9.78. The van der Waals surface area contributed by atoms with E-state index in [-0.39, 0.29) is 6.42 Å². The maximum absolute atomic E-state index is 10.5. The van der Waals surface area contributed by atoms with Crippen LogP contribution in [-0.2, 0) is 11.2 Å². The Morgan fingerprint density at radius 3 is 2.79 bits per heavy atom. The number of benzene rings is 1. The van der Waals surface area contributed by atoms with Crippen LogP contribution in [0.15, 0.2) is 30.5 Å². The average molecular weight is 257 g/mol. The van der Waals surface area contributed by atoms with Gasteiger partial charge < -0.3 is 5.11 Å². The molecular formula is C16H19NO2. The van der Waals surface area contributed by atoms with E-state index in [1.807, 2.05) is 12.3 Å². The van der Waals surface area contributed by atoms with E-state index in [2.05, 4.69) is 37.0 Å². The zero-order valence-electron chi connectivity index (χ0n) is 11.4. The normalized spacial score (nSPS) is 11.1. The molecule has 0 fully saturated rings. The molecule has 0 spiro atoms.